The summed E-state index contributed by atoms with van der Waals surface area (Å²) in [5.41, 5.74) is -1.07. The Labute approximate surface area is 107 Å². The number of nitrogens with zero attached hydrogens (tertiary/aromatic N) is 1. The van der Waals surface area contributed by atoms with Crippen molar-refractivity contribution in [1.82, 2.24) is 9.55 Å². The summed E-state index contributed by atoms with van der Waals surface area (Å²) in [5.74, 6) is 0. The van der Waals surface area contributed by atoms with Gasteiger partial charge in [0.2, 0.25) is 0 Å². The average Bonchev–Trinajstić information content (AvgIpc) is 2.67. The third-order valence-electron chi connectivity index (χ3n) is 2.50. The number of hydrogen-bond acceptors (Lipinski definition) is 5. The highest BCUT2D eigenvalue weighted by Gasteiger charge is 2.31. The van der Waals surface area contributed by atoms with Crippen LogP contribution in [0.25, 0.3) is 0 Å². The second-order valence-electron chi connectivity index (χ2n) is 4.13. The quantitative estimate of drug-likeness (QED) is 0.573. The molecule has 0 radical (unpaired) electrons. The van der Waals surface area contributed by atoms with Gasteiger partial charge >= 0.3 is 13.3 Å². The summed E-state index contributed by atoms with van der Waals surface area (Å²) >= 11 is 0. The molecule has 0 unspecified atom stereocenters. The van der Waals surface area contributed by atoms with Crippen LogP contribution in [0.2, 0.25) is 0 Å². The number of nitrogens with one attached hydrogen (secondary N) is 1. The minimum Gasteiger partial charge on any atom is -0.349 e. The van der Waals surface area contributed by atoms with Gasteiger partial charge in [0.1, 0.15) is 12.3 Å². The molecule has 1 fully saturated rings. The topological polar surface area (TPSA) is 131 Å². The van der Waals surface area contributed by atoms with Crippen molar-refractivity contribution in [3.05, 3.63) is 33.1 Å². The molecule has 2 rings (SSSR count). The van der Waals surface area contributed by atoms with Crippen LogP contribution in [-0.2, 0) is 20.6 Å². The maximum Gasteiger partial charge on any atom is 0.330 e. The maximum atomic E-state index is 11.4. The molecule has 3 N–H and O–H groups in total. The number of ether oxygens (including phenoxy) is 2. The van der Waals surface area contributed by atoms with Gasteiger partial charge in [-0.2, -0.15) is 0 Å². The van der Waals surface area contributed by atoms with E-state index in [1.54, 1.807) is 0 Å². The number of hydrogen-bond donors (Lipinski definition) is 3. The molecule has 1 saturated heterocycles. The van der Waals surface area contributed by atoms with Crippen LogP contribution >= 0.6 is 7.60 Å². The van der Waals surface area contributed by atoms with Gasteiger partial charge in [-0.1, -0.05) is 0 Å². The minimum absolute atomic E-state index is 0.121. The van der Waals surface area contributed by atoms with Crippen LogP contribution < -0.4 is 11.2 Å². The first kappa shape index (κ1) is 14.2. The van der Waals surface area contributed by atoms with E-state index < -0.39 is 37.4 Å². The lowest BCUT2D eigenvalue weighted by atomic mass is 10.4. The van der Waals surface area contributed by atoms with Crippen molar-refractivity contribution in [2.24, 2.45) is 0 Å². The van der Waals surface area contributed by atoms with E-state index in [9.17, 15) is 14.2 Å². The zero-order chi connectivity index (χ0) is 14.0. The molecule has 0 aromatic carbocycles. The Morgan fingerprint density at radius 1 is 1.47 bits per heavy atom. The summed E-state index contributed by atoms with van der Waals surface area (Å²) < 4.78 is 22.4. The highest BCUT2D eigenvalue weighted by molar-refractivity contribution is 7.51. The van der Waals surface area contributed by atoms with Gasteiger partial charge in [0.25, 0.3) is 5.56 Å². The molecule has 1 aliphatic heterocycles. The normalized spacial score (nSPS) is 23.7. The van der Waals surface area contributed by atoms with Crippen LogP contribution in [0, 0.1) is 0 Å². The Morgan fingerprint density at radius 3 is 2.84 bits per heavy atom. The molecule has 106 valence electrons. The maximum absolute atomic E-state index is 11.4. The smallest absolute Gasteiger partial charge is 0.330 e. The fraction of sp³-hybridized carbons (Fsp3) is 0.556. The molecule has 0 aliphatic carbocycles. The molecule has 2 atom stereocenters. The summed E-state index contributed by atoms with van der Waals surface area (Å²) in [7, 11) is -4.21. The number of rotatable bonds is 4. The Hall–Kier alpha value is -1.25. The van der Waals surface area contributed by atoms with Gasteiger partial charge < -0.3 is 19.3 Å². The minimum atomic E-state index is -4.21. The Bertz CT molecular complexity index is 603. The summed E-state index contributed by atoms with van der Waals surface area (Å²) in [6, 6.07) is 1.20. The van der Waals surface area contributed by atoms with E-state index in [0.29, 0.717) is 0 Å². The van der Waals surface area contributed by atoms with Crippen molar-refractivity contribution in [3.63, 3.8) is 0 Å². The predicted molar refractivity (Wildman–Crippen MR) is 62.8 cm³/mol. The van der Waals surface area contributed by atoms with Crippen LogP contribution in [0.3, 0.4) is 0 Å². The van der Waals surface area contributed by atoms with Crippen molar-refractivity contribution < 1.29 is 23.8 Å². The molecule has 2 heterocycles. The van der Waals surface area contributed by atoms with Crippen LogP contribution in [0.4, 0.5) is 0 Å². The van der Waals surface area contributed by atoms with Crippen LogP contribution in [0.1, 0.15) is 0 Å². The zero-order valence-corrected chi connectivity index (χ0v) is 10.7. The van der Waals surface area contributed by atoms with E-state index in [2.05, 4.69) is 4.98 Å². The fourth-order valence-electron chi connectivity index (χ4n) is 1.70. The molecule has 19 heavy (non-hydrogen) atoms. The first-order chi connectivity index (χ1) is 8.83. The van der Waals surface area contributed by atoms with Gasteiger partial charge in [0, 0.05) is 12.3 Å². The monoisotopic (exact) mass is 292 g/mol. The molecule has 10 heteroatoms. The lowest BCUT2D eigenvalue weighted by molar-refractivity contribution is -0.0445. The van der Waals surface area contributed by atoms with Crippen LogP contribution in [0.5, 0.6) is 0 Å². The first-order valence-electron chi connectivity index (χ1n) is 5.45. The van der Waals surface area contributed by atoms with E-state index >= 15 is 0 Å². The second kappa shape index (κ2) is 5.40. The molecule has 1 aliphatic rings. The molecule has 1 aromatic rings. The van der Waals surface area contributed by atoms with Gasteiger partial charge in [0.05, 0.1) is 13.2 Å². The predicted octanol–water partition coefficient (Wildman–Crippen LogP) is -1.54. The highest BCUT2D eigenvalue weighted by Crippen LogP contribution is 2.37. The van der Waals surface area contributed by atoms with Gasteiger partial charge in [-0.25, -0.2) is 4.79 Å². The molecule has 0 saturated carbocycles. The SMILES string of the molecule is O=c1ccn(C[C@@H]2CO[C@@H](CP(=O)(O)O)O2)c(=O)[nH]1. The summed E-state index contributed by atoms with van der Waals surface area (Å²) in [6.45, 7) is 0.253. The van der Waals surface area contributed by atoms with Gasteiger partial charge in [-0.05, 0) is 0 Å². The van der Waals surface area contributed by atoms with Gasteiger partial charge in [0.15, 0.2) is 6.29 Å². The molecule has 1 aromatic heterocycles. The standard InChI is InChI=1S/C9H13N2O7P/c12-7-1-2-11(9(13)10-7)3-6-4-17-8(18-6)5-19(14,15)16/h1-2,6,8H,3-5H2,(H,10,12,13)(H2,14,15,16)/t6-,8-/m1/s1. The largest absolute Gasteiger partial charge is 0.349 e. The molecular weight excluding hydrogens is 279 g/mol. The van der Waals surface area contributed by atoms with Crippen molar-refractivity contribution in [3.8, 4) is 0 Å². The number of aromatic amines is 1. The van der Waals surface area contributed by atoms with Crippen molar-refractivity contribution in [2.75, 3.05) is 12.8 Å². The van der Waals surface area contributed by atoms with Crippen molar-refractivity contribution in [2.45, 2.75) is 18.9 Å². The third kappa shape index (κ3) is 4.12. The Kier molecular flexibility index (Phi) is 4.02. The lowest BCUT2D eigenvalue weighted by Gasteiger charge is -2.12. The van der Waals surface area contributed by atoms with Gasteiger partial charge in [-0.15, -0.1) is 0 Å². The second-order valence-corrected chi connectivity index (χ2v) is 5.83. The average molecular weight is 292 g/mol. The zero-order valence-electron chi connectivity index (χ0n) is 9.76. The summed E-state index contributed by atoms with van der Waals surface area (Å²) in [4.78, 5) is 42.0. The van der Waals surface area contributed by atoms with E-state index in [4.69, 9.17) is 19.3 Å². The van der Waals surface area contributed by atoms with E-state index in [-0.39, 0.29) is 13.2 Å². The van der Waals surface area contributed by atoms with Crippen molar-refractivity contribution >= 4 is 7.60 Å². The van der Waals surface area contributed by atoms with E-state index in [0.717, 1.165) is 0 Å². The van der Waals surface area contributed by atoms with Crippen molar-refractivity contribution in [1.29, 1.82) is 0 Å². The highest BCUT2D eigenvalue weighted by atomic mass is 31.2. The third-order valence-corrected chi connectivity index (χ3v) is 3.27. The number of H-pyrrole nitrogens is 1. The Morgan fingerprint density at radius 2 is 2.21 bits per heavy atom. The first-order valence-corrected chi connectivity index (χ1v) is 7.25. The fourth-order valence-corrected chi connectivity index (χ4v) is 2.28. The lowest BCUT2D eigenvalue weighted by Crippen LogP contribution is -2.33. The van der Waals surface area contributed by atoms with Crippen LogP contribution in [0.15, 0.2) is 21.9 Å². The molecular formula is C9H13N2O7P. The summed E-state index contributed by atoms with van der Waals surface area (Å²) in [6.07, 6.45) is -0.686. The molecule has 0 spiro atoms. The van der Waals surface area contributed by atoms with E-state index in [1.165, 1.54) is 16.8 Å². The van der Waals surface area contributed by atoms with Gasteiger partial charge in [-0.3, -0.25) is 18.9 Å². The van der Waals surface area contributed by atoms with E-state index in [1.807, 2.05) is 0 Å². The Balaban J connectivity index is 1.97. The number of aromatic nitrogens is 2. The van der Waals surface area contributed by atoms with Crippen LogP contribution in [-0.4, -0.2) is 44.5 Å². The molecule has 9 nitrogen and oxygen atoms in total. The molecule has 0 bridgehead atoms. The molecule has 0 amide bonds. The summed E-state index contributed by atoms with van der Waals surface area (Å²) in [5, 5.41) is 0.